The zero-order valence-corrected chi connectivity index (χ0v) is 11.8. The normalized spacial score (nSPS) is 13.0. The van der Waals surface area contributed by atoms with Gasteiger partial charge >= 0.3 is 6.18 Å². The van der Waals surface area contributed by atoms with Crippen molar-refractivity contribution in [3.05, 3.63) is 35.9 Å². The largest absolute Gasteiger partial charge is 0.389 e. The molecule has 0 bridgehead atoms. The van der Waals surface area contributed by atoms with E-state index in [0.717, 1.165) is 5.56 Å². The number of hydrogen-bond donors (Lipinski definition) is 2. The molecule has 1 atom stereocenters. The molecule has 3 nitrogen and oxygen atoms in total. The number of rotatable bonds is 8. The molecule has 1 amide bonds. The molecule has 0 saturated heterocycles. The SMILES string of the molecule is NC(CCc1ccccc1)C(=O)NCCCCC(F)(F)F. The molecular formula is C15H21F3N2O. The fourth-order valence-electron chi connectivity index (χ4n) is 1.89. The third-order valence-corrected chi connectivity index (χ3v) is 3.11. The van der Waals surface area contributed by atoms with Crippen LogP contribution in [0.25, 0.3) is 0 Å². The van der Waals surface area contributed by atoms with Crippen molar-refractivity contribution in [3.63, 3.8) is 0 Å². The standard InChI is InChI=1S/C15H21F3N2O/c16-15(17,18)10-4-5-11-20-14(21)13(19)9-8-12-6-2-1-3-7-12/h1-3,6-7,13H,4-5,8-11,19H2,(H,20,21). The van der Waals surface area contributed by atoms with Gasteiger partial charge in [-0.15, -0.1) is 0 Å². The Kier molecular flexibility index (Phi) is 7.22. The number of aryl methyl sites for hydroxylation is 1. The Labute approximate surface area is 122 Å². The number of benzene rings is 1. The summed E-state index contributed by atoms with van der Waals surface area (Å²) in [6.45, 7) is 0.230. The first-order valence-corrected chi connectivity index (χ1v) is 7.02. The average Bonchev–Trinajstić information content (AvgIpc) is 2.44. The fraction of sp³-hybridized carbons (Fsp3) is 0.533. The van der Waals surface area contributed by atoms with Crippen LogP contribution in [-0.4, -0.2) is 24.7 Å². The number of nitrogens with one attached hydrogen (secondary N) is 1. The molecule has 0 aliphatic heterocycles. The topological polar surface area (TPSA) is 55.1 Å². The molecule has 1 unspecified atom stereocenters. The van der Waals surface area contributed by atoms with E-state index in [2.05, 4.69) is 5.32 Å². The summed E-state index contributed by atoms with van der Waals surface area (Å²) < 4.78 is 35.8. The van der Waals surface area contributed by atoms with Crippen LogP contribution in [-0.2, 0) is 11.2 Å². The van der Waals surface area contributed by atoms with Crippen molar-refractivity contribution in [2.24, 2.45) is 5.73 Å². The Morgan fingerprint density at radius 1 is 1.19 bits per heavy atom. The van der Waals surface area contributed by atoms with Crippen LogP contribution in [0.2, 0.25) is 0 Å². The number of unbranched alkanes of at least 4 members (excludes halogenated alkanes) is 1. The van der Waals surface area contributed by atoms with Crippen molar-refractivity contribution in [2.75, 3.05) is 6.54 Å². The summed E-state index contributed by atoms with van der Waals surface area (Å²) in [6.07, 6.45) is -3.42. The molecule has 0 aromatic heterocycles. The van der Waals surface area contributed by atoms with Crippen molar-refractivity contribution in [2.45, 2.75) is 44.3 Å². The van der Waals surface area contributed by atoms with E-state index in [1.807, 2.05) is 30.3 Å². The Balaban J connectivity index is 2.14. The molecule has 6 heteroatoms. The number of amides is 1. The maximum Gasteiger partial charge on any atom is 0.389 e. The summed E-state index contributed by atoms with van der Waals surface area (Å²) in [4.78, 5) is 11.7. The Hall–Kier alpha value is -1.56. The van der Waals surface area contributed by atoms with E-state index < -0.39 is 18.6 Å². The number of hydrogen-bond acceptors (Lipinski definition) is 2. The van der Waals surface area contributed by atoms with Crippen molar-refractivity contribution in [1.29, 1.82) is 0 Å². The van der Waals surface area contributed by atoms with Crippen LogP contribution < -0.4 is 11.1 Å². The fourth-order valence-corrected chi connectivity index (χ4v) is 1.89. The van der Waals surface area contributed by atoms with Crippen LogP contribution in [0.1, 0.15) is 31.2 Å². The van der Waals surface area contributed by atoms with Gasteiger partial charge in [0, 0.05) is 13.0 Å². The van der Waals surface area contributed by atoms with Gasteiger partial charge in [-0.1, -0.05) is 30.3 Å². The van der Waals surface area contributed by atoms with E-state index in [4.69, 9.17) is 5.73 Å². The van der Waals surface area contributed by atoms with Gasteiger partial charge in [0.15, 0.2) is 0 Å². The minimum absolute atomic E-state index is 0.0169. The van der Waals surface area contributed by atoms with E-state index >= 15 is 0 Å². The molecule has 3 N–H and O–H groups in total. The zero-order valence-electron chi connectivity index (χ0n) is 11.8. The molecule has 118 valence electrons. The molecule has 0 spiro atoms. The lowest BCUT2D eigenvalue weighted by Gasteiger charge is -2.12. The van der Waals surface area contributed by atoms with Gasteiger partial charge in [-0.3, -0.25) is 4.79 Å². The number of alkyl halides is 3. The third kappa shape index (κ3) is 8.34. The molecule has 0 fully saturated rings. The van der Waals surface area contributed by atoms with Gasteiger partial charge in [0.2, 0.25) is 5.91 Å². The highest BCUT2D eigenvalue weighted by Gasteiger charge is 2.25. The minimum atomic E-state index is -4.13. The highest BCUT2D eigenvalue weighted by molar-refractivity contribution is 5.81. The van der Waals surface area contributed by atoms with Crippen LogP contribution in [0.5, 0.6) is 0 Å². The highest BCUT2D eigenvalue weighted by atomic mass is 19.4. The smallest absolute Gasteiger partial charge is 0.355 e. The summed E-state index contributed by atoms with van der Waals surface area (Å²) in [7, 11) is 0. The summed E-state index contributed by atoms with van der Waals surface area (Å²) in [5.74, 6) is -0.307. The Morgan fingerprint density at radius 2 is 1.86 bits per heavy atom. The molecule has 0 radical (unpaired) electrons. The van der Waals surface area contributed by atoms with E-state index in [-0.39, 0.29) is 18.9 Å². The lowest BCUT2D eigenvalue weighted by atomic mass is 10.1. The molecular weight excluding hydrogens is 281 g/mol. The molecule has 0 aliphatic carbocycles. The zero-order chi connectivity index (χ0) is 15.7. The van der Waals surface area contributed by atoms with E-state index in [1.165, 1.54) is 0 Å². The summed E-state index contributed by atoms with van der Waals surface area (Å²) in [5, 5.41) is 2.57. The van der Waals surface area contributed by atoms with Gasteiger partial charge in [0.05, 0.1) is 6.04 Å². The van der Waals surface area contributed by atoms with E-state index in [1.54, 1.807) is 0 Å². The van der Waals surface area contributed by atoms with Gasteiger partial charge in [-0.05, 0) is 31.2 Å². The Bertz CT molecular complexity index is 421. The van der Waals surface area contributed by atoms with E-state index in [9.17, 15) is 18.0 Å². The van der Waals surface area contributed by atoms with Gasteiger partial charge in [0.1, 0.15) is 0 Å². The molecule has 0 saturated carbocycles. The molecule has 1 aromatic carbocycles. The second kappa shape index (κ2) is 8.67. The maximum atomic E-state index is 11.9. The van der Waals surface area contributed by atoms with Gasteiger partial charge < -0.3 is 11.1 Å². The second-order valence-electron chi connectivity index (χ2n) is 4.99. The highest BCUT2D eigenvalue weighted by Crippen LogP contribution is 2.21. The van der Waals surface area contributed by atoms with Crippen LogP contribution in [0.3, 0.4) is 0 Å². The molecule has 1 aromatic rings. The summed E-state index contributed by atoms with van der Waals surface area (Å²) in [6, 6.07) is 9.04. The predicted octanol–water partition coefficient (Wildman–Crippen LogP) is 2.80. The van der Waals surface area contributed by atoms with Gasteiger partial charge in [-0.2, -0.15) is 13.2 Å². The molecule has 21 heavy (non-hydrogen) atoms. The second-order valence-corrected chi connectivity index (χ2v) is 4.99. The molecule has 0 aliphatic rings. The first kappa shape index (κ1) is 17.5. The van der Waals surface area contributed by atoms with Gasteiger partial charge in [-0.25, -0.2) is 0 Å². The van der Waals surface area contributed by atoms with E-state index in [0.29, 0.717) is 19.3 Å². The predicted molar refractivity (Wildman–Crippen MR) is 75.7 cm³/mol. The molecule has 0 heterocycles. The lowest BCUT2D eigenvalue weighted by molar-refractivity contribution is -0.135. The van der Waals surface area contributed by atoms with Crippen molar-refractivity contribution < 1.29 is 18.0 Å². The lowest BCUT2D eigenvalue weighted by Crippen LogP contribution is -2.41. The number of halogens is 3. The third-order valence-electron chi connectivity index (χ3n) is 3.11. The number of carbonyl (C=O) groups excluding carboxylic acids is 1. The summed E-state index contributed by atoms with van der Waals surface area (Å²) in [5.41, 5.74) is 6.86. The Morgan fingerprint density at radius 3 is 2.48 bits per heavy atom. The quantitative estimate of drug-likeness (QED) is 0.726. The van der Waals surface area contributed by atoms with Crippen LogP contribution >= 0.6 is 0 Å². The molecule has 1 rings (SSSR count). The number of nitrogens with two attached hydrogens (primary N) is 1. The van der Waals surface area contributed by atoms with Crippen LogP contribution in [0.4, 0.5) is 13.2 Å². The van der Waals surface area contributed by atoms with Crippen LogP contribution in [0, 0.1) is 0 Å². The first-order chi connectivity index (χ1) is 9.88. The minimum Gasteiger partial charge on any atom is -0.355 e. The average molecular weight is 302 g/mol. The van der Waals surface area contributed by atoms with Gasteiger partial charge in [0.25, 0.3) is 0 Å². The van der Waals surface area contributed by atoms with Crippen molar-refractivity contribution >= 4 is 5.91 Å². The summed E-state index contributed by atoms with van der Waals surface area (Å²) >= 11 is 0. The maximum absolute atomic E-state index is 11.9. The van der Waals surface area contributed by atoms with Crippen LogP contribution in [0.15, 0.2) is 30.3 Å². The first-order valence-electron chi connectivity index (χ1n) is 7.02. The monoisotopic (exact) mass is 302 g/mol. The van der Waals surface area contributed by atoms with Crippen molar-refractivity contribution in [1.82, 2.24) is 5.32 Å². The number of carbonyl (C=O) groups is 1. The van der Waals surface area contributed by atoms with Crippen molar-refractivity contribution in [3.8, 4) is 0 Å².